The van der Waals surface area contributed by atoms with Crippen molar-refractivity contribution < 1.29 is 9.53 Å². The van der Waals surface area contributed by atoms with Crippen LogP contribution in [0.1, 0.15) is 43.2 Å². The molecule has 0 atom stereocenters. The van der Waals surface area contributed by atoms with Crippen molar-refractivity contribution in [1.29, 1.82) is 0 Å². The molecule has 3 rings (SSSR count). The zero-order valence-corrected chi connectivity index (χ0v) is 18.3. The average molecular weight is 420 g/mol. The Morgan fingerprint density at radius 1 is 1.10 bits per heavy atom. The lowest BCUT2D eigenvalue weighted by Gasteiger charge is -2.20. The van der Waals surface area contributed by atoms with Crippen LogP contribution in [0.5, 0.6) is 5.75 Å². The van der Waals surface area contributed by atoms with E-state index in [4.69, 9.17) is 4.74 Å². The van der Waals surface area contributed by atoms with Gasteiger partial charge in [-0.15, -0.1) is 0 Å². The molecule has 0 fully saturated rings. The van der Waals surface area contributed by atoms with Gasteiger partial charge in [-0.25, -0.2) is 5.43 Å². The highest BCUT2D eigenvalue weighted by atomic mass is 16.5. The predicted octanol–water partition coefficient (Wildman–Crippen LogP) is 4.48. The lowest BCUT2D eigenvalue weighted by molar-refractivity contribution is 0.0950. The molecule has 0 spiro atoms. The van der Waals surface area contributed by atoms with Gasteiger partial charge in [0.15, 0.2) is 0 Å². The highest BCUT2D eigenvalue weighted by Gasteiger charge is 2.10. The zero-order valence-electron chi connectivity index (χ0n) is 18.3. The van der Waals surface area contributed by atoms with Gasteiger partial charge in [0.05, 0.1) is 18.5 Å². The van der Waals surface area contributed by atoms with Crippen LogP contribution >= 0.6 is 0 Å². The molecule has 162 valence electrons. The van der Waals surface area contributed by atoms with E-state index in [-0.39, 0.29) is 5.91 Å². The molecule has 2 aromatic carbocycles. The highest BCUT2D eigenvalue weighted by molar-refractivity contribution is 5.94. The molecule has 0 aliphatic carbocycles. The van der Waals surface area contributed by atoms with Crippen molar-refractivity contribution in [3.8, 4) is 17.0 Å². The molecule has 7 nitrogen and oxygen atoms in total. The molecule has 7 heteroatoms. The topological polar surface area (TPSA) is 82.6 Å². The number of carbonyl (C=O) groups is 1. The van der Waals surface area contributed by atoms with Gasteiger partial charge in [0.25, 0.3) is 5.91 Å². The molecule has 0 saturated carbocycles. The van der Waals surface area contributed by atoms with Crippen LogP contribution < -0.4 is 15.1 Å². The van der Waals surface area contributed by atoms with Gasteiger partial charge in [0.2, 0.25) is 0 Å². The molecule has 0 bridgehead atoms. The third-order valence-electron chi connectivity index (χ3n) is 4.85. The summed E-state index contributed by atoms with van der Waals surface area (Å²) in [5.74, 6) is 0.469. The number of aromatic nitrogens is 2. The van der Waals surface area contributed by atoms with Gasteiger partial charge in [0, 0.05) is 24.3 Å². The van der Waals surface area contributed by atoms with Gasteiger partial charge < -0.3 is 9.64 Å². The molecular formula is C24H29N5O2. The fourth-order valence-electron chi connectivity index (χ4n) is 3.11. The van der Waals surface area contributed by atoms with Crippen LogP contribution in [0.3, 0.4) is 0 Å². The first-order valence-electron chi connectivity index (χ1n) is 10.6. The van der Waals surface area contributed by atoms with E-state index in [0.29, 0.717) is 18.0 Å². The first kappa shape index (κ1) is 22.1. The molecule has 1 heterocycles. The van der Waals surface area contributed by atoms with Crippen LogP contribution in [0.2, 0.25) is 0 Å². The number of rotatable bonds is 10. The summed E-state index contributed by atoms with van der Waals surface area (Å²) in [5, 5.41) is 11.0. The Hall–Kier alpha value is -3.61. The van der Waals surface area contributed by atoms with Crippen molar-refractivity contribution in [2.45, 2.75) is 27.2 Å². The summed E-state index contributed by atoms with van der Waals surface area (Å²) < 4.78 is 5.59. The van der Waals surface area contributed by atoms with Crippen molar-refractivity contribution in [3.05, 3.63) is 65.9 Å². The number of benzene rings is 2. The predicted molar refractivity (Wildman–Crippen MR) is 125 cm³/mol. The molecule has 0 unspecified atom stereocenters. The normalized spacial score (nSPS) is 10.9. The van der Waals surface area contributed by atoms with E-state index in [1.54, 1.807) is 12.3 Å². The SMILES string of the molecule is CCCOc1ccc(-c2cc(C(=O)N/N=C/c3ccc(N(CC)CC)cc3)[nH]n2)cc1. The summed E-state index contributed by atoms with van der Waals surface area (Å²) in [6.07, 6.45) is 2.58. The number of hydrazone groups is 1. The number of nitrogens with zero attached hydrogens (tertiary/aromatic N) is 3. The van der Waals surface area contributed by atoms with Crippen molar-refractivity contribution in [2.75, 3.05) is 24.6 Å². The van der Waals surface area contributed by atoms with Crippen molar-refractivity contribution in [1.82, 2.24) is 15.6 Å². The van der Waals surface area contributed by atoms with Gasteiger partial charge in [-0.2, -0.15) is 10.2 Å². The van der Waals surface area contributed by atoms with Gasteiger partial charge in [-0.05, 0) is 68.3 Å². The number of H-pyrrole nitrogens is 1. The number of anilines is 1. The number of aromatic amines is 1. The number of amides is 1. The van der Waals surface area contributed by atoms with Gasteiger partial charge in [-0.1, -0.05) is 19.1 Å². The van der Waals surface area contributed by atoms with E-state index >= 15 is 0 Å². The highest BCUT2D eigenvalue weighted by Crippen LogP contribution is 2.21. The quantitative estimate of drug-likeness (QED) is 0.375. The maximum Gasteiger partial charge on any atom is 0.289 e. The summed E-state index contributed by atoms with van der Waals surface area (Å²) in [5.41, 5.74) is 6.54. The van der Waals surface area contributed by atoms with E-state index in [0.717, 1.165) is 36.4 Å². The number of nitrogens with one attached hydrogen (secondary N) is 2. The minimum absolute atomic E-state index is 0.343. The summed E-state index contributed by atoms with van der Waals surface area (Å²) in [4.78, 5) is 14.6. The molecule has 31 heavy (non-hydrogen) atoms. The Balaban J connectivity index is 1.57. The largest absolute Gasteiger partial charge is 0.494 e. The summed E-state index contributed by atoms with van der Waals surface area (Å²) in [6, 6.07) is 17.4. The van der Waals surface area contributed by atoms with Crippen LogP contribution in [-0.4, -0.2) is 42.0 Å². The second kappa shape index (κ2) is 11.0. The summed E-state index contributed by atoms with van der Waals surface area (Å²) >= 11 is 0. The van der Waals surface area contributed by atoms with Crippen LogP contribution in [0.4, 0.5) is 5.69 Å². The minimum atomic E-state index is -0.349. The Morgan fingerprint density at radius 3 is 2.45 bits per heavy atom. The standard InChI is InChI=1S/C24H29N5O2/c1-4-15-31-21-13-9-19(10-14-21)22-16-23(27-26-22)24(30)28-25-17-18-7-11-20(12-8-18)29(5-2)6-3/h7-14,16-17H,4-6,15H2,1-3H3,(H,26,27)(H,28,30)/b25-17+. The van der Waals surface area contributed by atoms with Crippen molar-refractivity contribution in [3.63, 3.8) is 0 Å². The van der Waals surface area contributed by atoms with Crippen LogP contribution in [0.15, 0.2) is 59.7 Å². The van der Waals surface area contributed by atoms with Crippen LogP contribution in [0, 0.1) is 0 Å². The summed E-state index contributed by atoms with van der Waals surface area (Å²) in [7, 11) is 0. The molecule has 0 aliphatic rings. The van der Waals surface area contributed by atoms with Crippen molar-refractivity contribution >= 4 is 17.8 Å². The molecular weight excluding hydrogens is 390 g/mol. The van der Waals surface area contributed by atoms with E-state index in [1.807, 2.05) is 36.4 Å². The Morgan fingerprint density at radius 2 is 1.81 bits per heavy atom. The first-order chi connectivity index (χ1) is 15.1. The minimum Gasteiger partial charge on any atom is -0.494 e. The fourth-order valence-corrected chi connectivity index (χ4v) is 3.11. The van der Waals surface area contributed by atoms with Gasteiger partial charge >= 0.3 is 0 Å². The fraction of sp³-hybridized carbons (Fsp3) is 0.292. The monoisotopic (exact) mass is 419 g/mol. The number of hydrogen-bond acceptors (Lipinski definition) is 5. The van der Waals surface area contributed by atoms with Gasteiger partial charge in [0.1, 0.15) is 11.4 Å². The maximum absolute atomic E-state index is 12.4. The average Bonchev–Trinajstić information content (AvgIpc) is 3.30. The Bertz CT molecular complexity index is 990. The third-order valence-corrected chi connectivity index (χ3v) is 4.85. The number of ether oxygens (including phenoxy) is 1. The first-order valence-corrected chi connectivity index (χ1v) is 10.6. The molecule has 1 amide bonds. The smallest absolute Gasteiger partial charge is 0.289 e. The van der Waals surface area contributed by atoms with E-state index in [1.165, 1.54) is 5.69 Å². The second-order valence-corrected chi connectivity index (χ2v) is 7.00. The zero-order chi connectivity index (χ0) is 22.1. The molecule has 0 radical (unpaired) electrons. The molecule has 2 N–H and O–H groups in total. The lowest BCUT2D eigenvalue weighted by Crippen LogP contribution is -2.21. The number of hydrogen-bond donors (Lipinski definition) is 2. The maximum atomic E-state index is 12.4. The molecule has 0 aliphatic heterocycles. The molecule has 0 saturated heterocycles. The number of carbonyl (C=O) groups excluding carboxylic acids is 1. The van der Waals surface area contributed by atoms with E-state index in [2.05, 4.69) is 58.5 Å². The summed E-state index contributed by atoms with van der Waals surface area (Å²) in [6.45, 7) is 8.94. The van der Waals surface area contributed by atoms with E-state index in [9.17, 15) is 4.79 Å². The van der Waals surface area contributed by atoms with Crippen molar-refractivity contribution in [2.24, 2.45) is 5.10 Å². The van der Waals surface area contributed by atoms with Crippen LogP contribution in [0.25, 0.3) is 11.3 Å². The second-order valence-electron chi connectivity index (χ2n) is 7.00. The third kappa shape index (κ3) is 5.94. The molecule has 3 aromatic rings. The van der Waals surface area contributed by atoms with E-state index < -0.39 is 0 Å². The lowest BCUT2D eigenvalue weighted by atomic mass is 10.1. The Kier molecular flexibility index (Phi) is 7.81. The molecule has 1 aromatic heterocycles. The van der Waals surface area contributed by atoms with Crippen LogP contribution in [-0.2, 0) is 0 Å². The van der Waals surface area contributed by atoms with Gasteiger partial charge in [-0.3, -0.25) is 9.89 Å². The Labute approximate surface area is 183 Å².